The van der Waals surface area contributed by atoms with Gasteiger partial charge in [-0.05, 0) is 12.1 Å². The Labute approximate surface area is 96.8 Å². The second-order valence-corrected chi connectivity index (χ2v) is 4.01. The topological polar surface area (TPSA) is 28.6 Å². The van der Waals surface area contributed by atoms with Crippen LogP contribution in [-0.4, -0.2) is 56.3 Å². The van der Waals surface area contributed by atoms with Gasteiger partial charge in [-0.15, -0.1) is 0 Å². The Hall–Kier alpha value is -1.13. The number of nitrogens with zero attached hydrogens (tertiary/aromatic N) is 3. The van der Waals surface area contributed by atoms with Gasteiger partial charge in [-0.2, -0.15) is 0 Å². The summed E-state index contributed by atoms with van der Waals surface area (Å²) in [5.74, 6) is 1.09. The van der Waals surface area contributed by atoms with Crippen LogP contribution in [0, 0.1) is 0 Å². The van der Waals surface area contributed by atoms with E-state index in [0.29, 0.717) is 0 Å². The second-order valence-electron chi connectivity index (χ2n) is 4.01. The molecule has 2 heterocycles. The molecule has 1 saturated heterocycles. The number of hydrogen-bond donors (Lipinski definition) is 0. The number of rotatable bonds is 4. The summed E-state index contributed by atoms with van der Waals surface area (Å²) in [5.41, 5.74) is 0. The molecular formula is C12H19N3O. The fraction of sp³-hybridized carbons (Fsp3) is 0.583. The van der Waals surface area contributed by atoms with E-state index < -0.39 is 0 Å². The average Bonchev–Trinajstić information content (AvgIpc) is 2.38. The smallest absolute Gasteiger partial charge is 0.128 e. The van der Waals surface area contributed by atoms with Gasteiger partial charge in [0.2, 0.25) is 0 Å². The minimum Gasteiger partial charge on any atom is -0.383 e. The van der Waals surface area contributed by atoms with Crippen LogP contribution in [0.25, 0.3) is 0 Å². The lowest BCUT2D eigenvalue weighted by Crippen LogP contribution is -2.47. The monoisotopic (exact) mass is 221 g/mol. The van der Waals surface area contributed by atoms with Gasteiger partial charge in [0.25, 0.3) is 0 Å². The maximum atomic E-state index is 5.09. The molecule has 4 heteroatoms. The zero-order valence-electron chi connectivity index (χ0n) is 9.80. The predicted octanol–water partition coefficient (Wildman–Crippen LogP) is 0.850. The van der Waals surface area contributed by atoms with Crippen LogP contribution in [0.1, 0.15) is 0 Å². The Morgan fingerprint density at radius 1 is 1.25 bits per heavy atom. The molecule has 4 nitrogen and oxygen atoms in total. The molecule has 0 amide bonds. The number of methoxy groups -OCH3 is 1. The van der Waals surface area contributed by atoms with E-state index >= 15 is 0 Å². The first kappa shape index (κ1) is 11.4. The Kier molecular flexibility index (Phi) is 4.13. The van der Waals surface area contributed by atoms with Crippen molar-refractivity contribution in [1.29, 1.82) is 0 Å². The summed E-state index contributed by atoms with van der Waals surface area (Å²) in [5, 5.41) is 0. The van der Waals surface area contributed by atoms with Crippen LogP contribution in [0.15, 0.2) is 24.4 Å². The zero-order chi connectivity index (χ0) is 11.2. The van der Waals surface area contributed by atoms with Crippen LogP contribution in [0.3, 0.4) is 0 Å². The Morgan fingerprint density at radius 2 is 2.06 bits per heavy atom. The molecular weight excluding hydrogens is 202 g/mol. The Morgan fingerprint density at radius 3 is 2.69 bits per heavy atom. The van der Waals surface area contributed by atoms with E-state index in [4.69, 9.17) is 4.74 Å². The Balaban J connectivity index is 1.81. The van der Waals surface area contributed by atoms with Gasteiger partial charge < -0.3 is 9.64 Å². The average molecular weight is 221 g/mol. The highest BCUT2D eigenvalue weighted by molar-refractivity contribution is 5.38. The molecule has 0 unspecified atom stereocenters. The van der Waals surface area contributed by atoms with Gasteiger partial charge >= 0.3 is 0 Å². The molecule has 0 spiro atoms. The summed E-state index contributed by atoms with van der Waals surface area (Å²) in [7, 11) is 1.75. The third-order valence-electron chi connectivity index (χ3n) is 2.96. The van der Waals surface area contributed by atoms with Crippen molar-refractivity contribution in [3.05, 3.63) is 24.4 Å². The molecule has 0 aromatic carbocycles. The first-order chi connectivity index (χ1) is 7.90. The first-order valence-corrected chi connectivity index (χ1v) is 5.77. The number of pyridine rings is 1. The van der Waals surface area contributed by atoms with E-state index in [1.165, 1.54) is 0 Å². The summed E-state index contributed by atoms with van der Waals surface area (Å²) >= 11 is 0. The molecule has 0 saturated carbocycles. The van der Waals surface area contributed by atoms with Gasteiger partial charge in [-0.25, -0.2) is 4.98 Å². The van der Waals surface area contributed by atoms with Crippen molar-refractivity contribution >= 4 is 5.82 Å². The molecule has 2 rings (SSSR count). The molecule has 1 aliphatic rings. The number of aromatic nitrogens is 1. The van der Waals surface area contributed by atoms with Gasteiger partial charge in [0.05, 0.1) is 6.61 Å². The molecule has 1 aromatic rings. The highest BCUT2D eigenvalue weighted by atomic mass is 16.5. The van der Waals surface area contributed by atoms with Crippen molar-refractivity contribution < 1.29 is 4.74 Å². The van der Waals surface area contributed by atoms with E-state index in [-0.39, 0.29) is 0 Å². The molecule has 0 N–H and O–H groups in total. The second kappa shape index (κ2) is 5.82. The summed E-state index contributed by atoms with van der Waals surface area (Å²) in [6, 6.07) is 6.07. The van der Waals surface area contributed by atoms with E-state index in [9.17, 15) is 0 Å². The maximum absolute atomic E-state index is 5.09. The minimum atomic E-state index is 0.823. The van der Waals surface area contributed by atoms with Gasteiger partial charge in [0.1, 0.15) is 5.82 Å². The van der Waals surface area contributed by atoms with Crippen molar-refractivity contribution in [3.8, 4) is 0 Å². The van der Waals surface area contributed by atoms with Crippen LogP contribution in [0.2, 0.25) is 0 Å². The van der Waals surface area contributed by atoms with Crippen LogP contribution < -0.4 is 4.90 Å². The fourth-order valence-electron chi connectivity index (χ4n) is 1.96. The highest BCUT2D eigenvalue weighted by Crippen LogP contribution is 2.11. The lowest BCUT2D eigenvalue weighted by Gasteiger charge is -2.35. The third kappa shape index (κ3) is 2.93. The Bertz CT molecular complexity index is 296. The molecule has 0 atom stereocenters. The van der Waals surface area contributed by atoms with E-state index in [0.717, 1.165) is 45.1 Å². The number of hydrogen-bond acceptors (Lipinski definition) is 4. The van der Waals surface area contributed by atoms with Crippen molar-refractivity contribution in [2.75, 3.05) is 51.3 Å². The van der Waals surface area contributed by atoms with Gasteiger partial charge in [0.15, 0.2) is 0 Å². The largest absolute Gasteiger partial charge is 0.383 e. The molecule has 0 bridgehead atoms. The standard InChI is InChI=1S/C12H19N3O/c1-16-11-10-14-6-8-15(9-7-14)12-4-2-3-5-13-12/h2-5H,6-11H2,1H3. The predicted molar refractivity (Wildman–Crippen MR) is 64.8 cm³/mol. The van der Waals surface area contributed by atoms with Crippen LogP contribution in [-0.2, 0) is 4.74 Å². The number of ether oxygens (including phenoxy) is 1. The van der Waals surface area contributed by atoms with Gasteiger partial charge in [-0.1, -0.05) is 6.07 Å². The van der Waals surface area contributed by atoms with Gasteiger partial charge in [0, 0.05) is 46.0 Å². The van der Waals surface area contributed by atoms with Crippen LogP contribution in [0.5, 0.6) is 0 Å². The van der Waals surface area contributed by atoms with Crippen molar-refractivity contribution in [3.63, 3.8) is 0 Å². The van der Waals surface area contributed by atoms with E-state index in [1.54, 1.807) is 7.11 Å². The van der Waals surface area contributed by atoms with Crippen molar-refractivity contribution in [2.45, 2.75) is 0 Å². The fourth-order valence-corrected chi connectivity index (χ4v) is 1.96. The van der Waals surface area contributed by atoms with E-state index in [2.05, 4.69) is 20.9 Å². The third-order valence-corrected chi connectivity index (χ3v) is 2.96. The summed E-state index contributed by atoms with van der Waals surface area (Å²) < 4.78 is 5.09. The number of anilines is 1. The zero-order valence-corrected chi connectivity index (χ0v) is 9.80. The molecule has 0 aliphatic carbocycles. The SMILES string of the molecule is COCCN1CCN(c2ccccn2)CC1. The van der Waals surface area contributed by atoms with Crippen molar-refractivity contribution in [1.82, 2.24) is 9.88 Å². The lowest BCUT2D eigenvalue weighted by atomic mass is 10.3. The van der Waals surface area contributed by atoms with Crippen molar-refractivity contribution in [2.24, 2.45) is 0 Å². The van der Waals surface area contributed by atoms with Crippen LogP contribution in [0.4, 0.5) is 5.82 Å². The molecule has 1 fully saturated rings. The molecule has 1 aliphatic heterocycles. The minimum absolute atomic E-state index is 0.823. The summed E-state index contributed by atoms with van der Waals surface area (Å²) in [6.07, 6.45) is 1.85. The highest BCUT2D eigenvalue weighted by Gasteiger charge is 2.16. The van der Waals surface area contributed by atoms with E-state index in [1.807, 2.05) is 18.3 Å². The molecule has 1 aromatic heterocycles. The molecule has 0 radical (unpaired) electrons. The molecule has 16 heavy (non-hydrogen) atoms. The molecule has 88 valence electrons. The van der Waals surface area contributed by atoms with Crippen LogP contribution >= 0.6 is 0 Å². The first-order valence-electron chi connectivity index (χ1n) is 5.77. The maximum Gasteiger partial charge on any atom is 0.128 e. The lowest BCUT2D eigenvalue weighted by molar-refractivity contribution is 0.144. The summed E-state index contributed by atoms with van der Waals surface area (Å²) in [6.45, 7) is 6.16. The normalized spacial score (nSPS) is 17.7. The quantitative estimate of drug-likeness (QED) is 0.753. The summed E-state index contributed by atoms with van der Waals surface area (Å²) in [4.78, 5) is 9.14. The number of piperazine rings is 1. The van der Waals surface area contributed by atoms with Gasteiger partial charge in [-0.3, -0.25) is 4.90 Å².